The van der Waals surface area contributed by atoms with E-state index >= 15 is 0 Å². The lowest BCUT2D eigenvalue weighted by molar-refractivity contribution is 0.272. The molecular weight excluding hydrogens is 224 g/mol. The van der Waals surface area contributed by atoms with Gasteiger partial charge in [-0.1, -0.05) is 34.1 Å². The zero-order valence-electron chi connectivity index (χ0n) is 12.5. The van der Waals surface area contributed by atoms with Crippen molar-refractivity contribution >= 4 is 0 Å². The number of nitrogens with zero attached hydrogens (tertiary/aromatic N) is 1. The van der Waals surface area contributed by atoms with Gasteiger partial charge in [0.2, 0.25) is 0 Å². The summed E-state index contributed by atoms with van der Waals surface area (Å²) in [6.45, 7) is 11.8. The number of rotatable bonds is 8. The third-order valence-corrected chi connectivity index (χ3v) is 3.27. The molecule has 0 spiro atoms. The molecule has 0 radical (unpaired) electrons. The summed E-state index contributed by atoms with van der Waals surface area (Å²) in [6.07, 6.45) is 3.03. The van der Waals surface area contributed by atoms with Crippen LogP contribution in [0.2, 0.25) is 0 Å². The quantitative estimate of drug-likeness (QED) is 0.770. The fourth-order valence-corrected chi connectivity index (χ4v) is 1.98. The van der Waals surface area contributed by atoms with E-state index in [0.717, 1.165) is 31.3 Å². The highest BCUT2D eigenvalue weighted by atomic mass is 16.3. The van der Waals surface area contributed by atoms with E-state index < -0.39 is 0 Å². The second kappa shape index (κ2) is 7.59. The van der Waals surface area contributed by atoms with Gasteiger partial charge >= 0.3 is 0 Å². The van der Waals surface area contributed by atoms with E-state index in [1.807, 2.05) is 0 Å². The molecule has 1 unspecified atom stereocenters. The zero-order valence-corrected chi connectivity index (χ0v) is 12.5. The number of hydrogen-bond donors (Lipinski definition) is 1. The van der Waals surface area contributed by atoms with Gasteiger partial charge < -0.3 is 14.6 Å². The summed E-state index contributed by atoms with van der Waals surface area (Å²) in [6, 6.07) is 2.57. The van der Waals surface area contributed by atoms with E-state index in [1.54, 1.807) is 6.26 Å². The van der Waals surface area contributed by atoms with Crippen LogP contribution < -0.4 is 5.32 Å². The Morgan fingerprint density at radius 2 is 2.06 bits per heavy atom. The topological polar surface area (TPSA) is 28.4 Å². The first-order valence-corrected chi connectivity index (χ1v) is 7.00. The molecule has 0 aromatic carbocycles. The predicted molar refractivity (Wildman–Crippen MR) is 76.5 cm³/mol. The smallest absolute Gasteiger partial charge is 0.122 e. The first-order valence-electron chi connectivity index (χ1n) is 7.00. The molecule has 3 nitrogen and oxygen atoms in total. The number of nitrogens with one attached hydrogen (secondary N) is 1. The molecular formula is C15H28N2O. The van der Waals surface area contributed by atoms with Crippen molar-refractivity contribution in [2.45, 2.75) is 53.2 Å². The van der Waals surface area contributed by atoms with E-state index in [2.05, 4.69) is 51.0 Å². The molecule has 0 fully saturated rings. The molecule has 104 valence electrons. The van der Waals surface area contributed by atoms with Crippen LogP contribution in [0.1, 0.15) is 45.4 Å². The van der Waals surface area contributed by atoms with E-state index in [4.69, 9.17) is 4.42 Å². The summed E-state index contributed by atoms with van der Waals surface area (Å²) in [5.41, 5.74) is 1.30. The fraction of sp³-hybridized carbons (Fsp3) is 0.733. The van der Waals surface area contributed by atoms with Crippen molar-refractivity contribution < 1.29 is 4.42 Å². The second-order valence-electron chi connectivity index (χ2n) is 5.61. The highest BCUT2D eigenvalue weighted by Gasteiger charge is 2.11. The lowest BCUT2D eigenvalue weighted by Gasteiger charge is -2.20. The summed E-state index contributed by atoms with van der Waals surface area (Å²) >= 11 is 0. The van der Waals surface area contributed by atoms with E-state index in [1.165, 1.54) is 12.0 Å². The molecule has 1 atom stereocenters. The summed E-state index contributed by atoms with van der Waals surface area (Å²) < 4.78 is 5.56. The highest BCUT2D eigenvalue weighted by molar-refractivity contribution is 5.16. The van der Waals surface area contributed by atoms with Crippen LogP contribution in [0.3, 0.4) is 0 Å². The Labute approximate surface area is 112 Å². The maximum absolute atomic E-state index is 5.56. The van der Waals surface area contributed by atoms with Crippen LogP contribution in [0.25, 0.3) is 0 Å². The van der Waals surface area contributed by atoms with Crippen LogP contribution in [0.5, 0.6) is 0 Å². The van der Waals surface area contributed by atoms with Crippen molar-refractivity contribution in [2.24, 2.45) is 5.92 Å². The summed E-state index contributed by atoms with van der Waals surface area (Å²) in [7, 11) is 2.18. The highest BCUT2D eigenvalue weighted by Crippen LogP contribution is 2.14. The lowest BCUT2D eigenvalue weighted by Crippen LogP contribution is -2.25. The monoisotopic (exact) mass is 252 g/mol. The molecule has 3 heteroatoms. The zero-order chi connectivity index (χ0) is 13.5. The maximum Gasteiger partial charge on any atom is 0.122 e. The molecule has 0 bridgehead atoms. The van der Waals surface area contributed by atoms with Crippen LogP contribution >= 0.6 is 0 Å². The van der Waals surface area contributed by atoms with Crippen LogP contribution in [-0.4, -0.2) is 24.5 Å². The van der Waals surface area contributed by atoms with Crippen molar-refractivity contribution in [3.63, 3.8) is 0 Å². The fourth-order valence-electron chi connectivity index (χ4n) is 1.98. The molecule has 18 heavy (non-hydrogen) atoms. The third kappa shape index (κ3) is 5.23. The lowest BCUT2D eigenvalue weighted by atomic mass is 10.1. The van der Waals surface area contributed by atoms with Gasteiger partial charge in [0.25, 0.3) is 0 Å². The first kappa shape index (κ1) is 15.3. The number of furan rings is 1. The van der Waals surface area contributed by atoms with Crippen molar-refractivity contribution in [2.75, 3.05) is 13.6 Å². The van der Waals surface area contributed by atoms with Crippen molar-refractivity contribution in [3.8, 4) is 0 Å². The third-order valence-electron chi connectivity index (χ3n) is 3.27. The predicted octanol–water partition coefficient (Wildman–Crippen LogP) is 3.26. The van der Waals surface area contributed by atoms with Crippen molar-refractivity contribution in [3.05, 3.63) is 23.7 Å². The molecule has 1 aromatic rings. The Morgan fingerprint density at radius 3 is 2.67 bits per heavy atom. The van der Waals surface area contributed by atoms with Gasteiger partial charge in [0.05, 0.1) is 12.8 Å². The Balaban J connectivity index is 2.48. The van der Waals surface area contributed by atoms with E-state index in [-0.39, 0.29) is 0 Å². The van der Waals surface area contributed by atoms with Crippen molar-refractivity contribution in [1.82, 2.24) is 10.2 Å². The molecule has 0 saturated heterocycles. The molecule has 1 aromatic heterocycles. The summed E-state index contributed by atoms with van der Waals surface area (Å²) in [5, 5.41) is 3.40. The second-order valence-corrected chi connectivity index (χ2v) is 5.61. The van der Waals surface area contributed by atoms with Crippen LogP contribution in [0.4, 0.5) is 0 Å². The molecule has 0 aliphatic rings. The Morgan fingerprint density at radius 1 is 1.33 bits per heavy atom. The SMILES string of the molecule is CCC(C)CN(C)Cc1ccoc1CNC(C)C. The van der Waals surface area contributed by atoms with E-state index in [9.17, 15) is 0 Å². The first-order chi connectivity index (χ1) is 8.52. The average molecular weight is 252 g/mol. The van der Waals surface area contributed by atoms with Gasteiger partial charge in [-0.25, -0.2) is 0 Å². The minimum absolute atomic E-state index is 0.487. The molecule has 0 aliphatic heterocycles. The summed E-state index contributed by atoms with van der Waals surface area (Å²) in [4.78, 5) is 2.37. The van der Waals surface area contributed by atoms with Gasteiger partial charge in [0, 0.05) is 24.7 Å². The van der Waals surface area contributed by atoms with Crippen LogP contribution in [0.15, 0.2) is 16.7 Å². The Kier molecular flexibility index (Phi) is 6.44. The van der Waals surface area contributed by atoms with Gasteiger partial charge in [-0.3, -0.25) is 0 Å². The standard InChI is InChI=1S/C15H28N2O/c1-6-13(4)10-17(5)11-14-7-8-18-15(14)9-16-12(2)3/h7-8,12-13,16H,6,9-11H2,1-5H3. The summed E-state index contributed by atoms with van der Waals surface area (Å²) in [5.74, 6) is 1.82. The molecule has 0 saturated carbocycles. The Bertz CT molecular complexity index is 333. The Hall–Kier alpha value is -0.800. The molecule has 0 amide bonds. The van der Waals surface area contributed by atoms with Crippen LogP contribution in [-0.2, 0) is 13.1 Å². The molecule has 1 heterocycles. The average Bonchev–Trinajstić information content (AvgIpc) is 2.73. The van der Waals surface area contributed by atoms with Gasteiger partial charge in [-0.05, 0) is 19.0 Å². The minimum Gasteiger partial charge on any atom is -0.468 e. The van der Waals surface area contributed by atoms with Crippen LogP contribution in [0, 0.1) is 5.92 Å². The van der Waals surface area contributed by atoms with Gasteiger partial charge in [-0.2, -0.15) is 0 Å². The van der Waals surface area contributed by atoms with Crippen molar-refractivity contribution in [1.29, 1.82) is 0 Å². The molecule has 0 aliphatic carbocycles. The van der Waals surface area contributed by atoms with Gasteiger partial charge in [0.1, 0.15) is 5.76 Å². The maximum atomic E-state index is 5.56. The largest absolute Gasteiger partial charge is 0.468 e. The normalized spacial score (nSPS) is 13.5. The van der Waals surface area contributed by atoms with Gasteiger partial charge in [0.15, 0.2) is 0 Å². The van der Waals surface area contributed by atoms with Gasteiger partial charge in [-0.15, -0.1) is 0 Å². The minimum atomic E-state index is 0.487. The molecule has 1 N–H and O–H groups in total. The van der Waals surface area contributed by atoms with E-state index in [0.29, 0.717) is 6.04 Å². The number of hydrogen-bond acceptors (Lipinski definition) is 3. The molecule has 1 rings (SSSR count).